The summed E-state index contributed by atoms with van der Waals surface area (Å²) >= 11 is 0. The molecule has 0 aromatic heterocycles. The van der Waals surface area contributed by atoms with Crippen molar-refractivity contribution in [2.24, 2.45) is 29.6 Å². The second-order valence-electron chi connectivity index (χ2n) is 6.24. The molecule has 81 valence electrons. The summed E-state index contributed by atoms with van der Waals surface area (Å²) in [6.07, 6.45) is 8.75. The standard InChI is InChI=1S/C13H17O2/c1-6(2-8-5-14-8)9-3-7(1)12-10(9)4-11-13(12)15-11/h2,6-13H,1,3-5H2. The van der Waals surface area contributed by atoms with Crippen LogP contribution in [-0.2, 0) is 9.47 Å². The fourth-order valence-electron chi connectivity index (χ4n) is 5.05. The predicted octanol–water partition coefficient (Wildman–Crippen LogP) is 1.65. The molecular weight excluding hydrogens is 188 g/mol. The topological polar surface area (TPSA) is 25.1 Å². The van der Waals surface area contributed by atoms with E-state index in [1.165, 1.54) is 19.3 Å². The van der Waals surface area contributed by atoms with Gasteiger partial charge in [0.25, 0.3) is 0 Å². The Kier molecular flexibility index (Phi) is 1.31. The van der Waals surface area contributed by atoms with E-state index >= 15 is 0 Å². The van der Waals surface area contributed by atoms with E-state index in [9.17, 15) is 0 Å². The molecule has 0 N–H and O–H groups in total. The van der Waals surface area contributed by atoms with Crippen LogP contribution in [0.25, 0.3) is 0 Å². The van der Waals surface area contributed by atoms with Crippen LogP contribution in [0.2, 0.25) is 0 Å². The molecule has 1 radical (unpaired) electrons. The first-order valence-corrected chi connectivity index (χ1v) is 6.52. The predicted molar refractivity (Wildman–Crippen MR) is 54.0 cm³/mol. The van der Waals surface area contributed by atoms with Gasteiger partial charge < -0.3 is 9.47 Å². The third-order valence-electron chi connectivity index (χ3n) is 5.61. The third-order valence-corrected chi connectivity index (χ3v) is 5.61. The Hall–Kier alpha value is -0.0800. The number of ether oxygens (including phenoxy) is 2. The van der Waals surface area contributed by atoms with Crippen molar-refractivity contribution >= 4 is 0 Å². The van der Waals surface area contributed by atoms with Crippen molar-refractivity contribution in [1.29, 1.82) is 0 Å². The molecule has 0 aromatic rings. The van der Waals surface area contributed by atoms with Gasteiger partial charge in [0.05, 0.1) is 24.9 Å². The molecule has 0 spiro atoms. The van der Waals surface area contributed by atoms with Gasteiger partial charge in [0.15, 0.2) is 0 Å². The smallest absolute Gasteiger partial charge is 0.0875 e. The van der Waals surface area contributed by atoms with E-state index in [0.717, 1.165) is 36.2 Å². The summed E-state index contributed by atoms with van der Waals surface area (Å²) in [5.74, 6) is 4.87. The minimum absolute atomic E-state index is 0.528. The molecule has 5 rings (SSSR count). The van der Waals surface area contributed by atoms with Crippen molar-refractivity contribution in [3.8, 4) is 0 Å². The van der Waals surface area contributed by atoms with Gasteiger partial charge >= 0.3 is 0 Å². The van der Waals surface area contributed by atoms with E-state index in [1.807, 2.05) is 0 Å². The molecule has 3 saturated carbocycles. The lowest BCUT2D eigenvalue weighted by Gasteiger charge is -2.32. The van der Waals surface area contributed by atoms with Gasteiger partial charge in [-0.2, -0.15) is 0 Å². The van der Waals surface area contributed by atoms with E-state index in [-0.39, 0.29) is 0 Å². The van der Waals surface area contributed by atoms with Crippen molar-refractivity contribution in [3.05, 3.63) is 6.42 Å². The van der Waals surface area contributed by atoms with Gasteiger partial charge in [-0.25, -0.2) is 0 Å². The minimum Gasteiger partial charge on any atom is -0.373 e. The zero-order valence-corrected chi connectivity index (χ0v) is 8.84. The van der Waals surface area contributed by atoms with E-state index in [0.29, 0.717) is 18.3 Å². The molecule has 2 saturated heterocycles. The molecule has 2 heterocycles. The first kappa shape index (κ1) is 8.08. The van der Waals surface area contributed by atoms with Crippen LogP contribution < -0.4 is 0 Å². The summed E-state index contributed by atoms with van der Waals surface area (Å²) in [5.41, 5.74) is 0. The van der Waals surface area contributed by atoms with Crippen LogP contribution in [-0.4, -0.2) is 24.9 Å². The molecule has 5 fully saturated rings. The summed E-state index contributed by atoms with van der Waals surface area (Å²) < 4.78 is 11.1. The number of epoxide rings is 2. The zero-order chi connectivity index (χ0) is 9.57. The Balaban J connectivity index is 1.40. The molecule has 8 atom stereocenters. The Labute approximate surface area is 90.3 Å². The Morgan fingerprint density at radius 2 is 2.00 bits per heavy atom. The van der Waals surface area contributed by atoms with Crippen LogP contribution in [0.1, 0.15) is 19.3 Å². The maximum absolute atomic E-state index is 5.71. The van der Waals surface area contributed by atoms with E-state index in [4.69, 9.17) is 9.47 Å². The first-order valence-electron chi connectivity index (χ1n) is 6.52. The minimum atomic E-state index is 0.528. The highest BCUT2D eigenvalue weighted by Gasteiger charge is 2.66. The highest BCUT2D eigenvalue weighted by Crippen LogP contribution is 2.66. The maximum Gasteiger partial charge on any atom is 0.0875 e. The monoisotopic (exact) mass is 205 g/mol. The second kappa shape index (κ2) is 2.43. The molecule has 0 aromatic carbocycles. The zero-order valence-electron chi connectivity index (χ0n) is 8.84. The second-order valence-corrected chi connectivity index (χ2v) is 6.24. The Bertz CT molecular complexity index is 312. The highest BCUT2D eigenvalue weighted by atomic mass is 16.6. The van der Waals surface area contributed by atoms with Crippen LogP contribution in [0.15, 0.2) is 0 Å². The first-order chi connectivity index (χ1) is 7.40. The maximum atomic E-state index is 5.71. The molecule has 2 heteroatoms. The van der Waals surface area contributed by atoms with E-state index in [2.05, 4.69) is 6.42 Å². The molecule has 2 aliphatic heterocycles. The molecular formula is C13H17O2. The van der Waals surface area contributed by atoms with Crippen LogP contribution in [0, 0.1) is 36.0 Å². The lowest BCUT2D eigenvalue weighted by Crippen LogP contribution is -2.29. The summed E-state index contributed by atoms with van der Waals surface area (Å²) in [7, 11) is 0. The average molecular weight is 205 g/mol. The normalized spacial score (nSPS) is 68.0. The fourth-order valence-corrected chi connectivity index (χ4v) is 5.05. The van der Waals surface area contributed by atoms with Gasteiger partial charge in [-0.05, 0) is 55.3 Å². The third kappa shape index (κ3) is 0.980. The Morgan fingerprint density at radius 1 is 1.07 bits per heavy atom. The van der Waals surface area contributed by atoms with Crippen LogP contribution in [0.4, 0.5) is 0 Å². The quantitative estimate of drug-likeness (QED) is 0.640. The highest BCUT2D eigenvalue weighted by molar-refractivity contribution is 5.16. The van der Waals surface area contributed by atoms with Crippen molar-refractivity contribution < 1.29 is 9.47 Å². The number of fused-ring (bicyclic) bond motifs is 7. The Morgan fingerprint density at radius 3 is 2.87 bits per heavy atom. The lowest BCUT2D eigenvalue weighted by atomic mass is 9.73. The fraction of sp³-hybridized carbons (Fsp3) is 0.923. The van der Waals surface area contributed by atoms with Crippen molar-refractivity contribution in [3.63, 3.8) is 0 Å². The molecule has 8 unspecified atom stereocenters. The van der Waals surface area contributed by atoms with Gasteiger partial charge in [-0.1, -0.05) is 0 Å². The van der Waals surface area contributed by atoms with Crippen molar-refractivity contribution in [2.75, 3.05) is 6.61 Å². The molecule has 15 heavy (non-hydrogen) atoms. The van der Waals surface area contributed by atoms with Crippen molar-refractivity contribution in [2.45, 2.75) is 37.6 Å². The van der Waals surface area contributed by atoms with Gasteiger partial charge in [-0.15, -0.1) is 0 Å². The number of hydrogen-bond acceptors (Lipinski definition) is 2. The SMILES string of the molecule is [CH](C1CO1)C1CC2CC1C1CC3OC3C21. The average Bonchev–Trinajstić information content (AvgIpc) is 3.07. The molecule has 0 amide bonds. The molecule has 2 nitrogen and oxygen atoms in total. The number of rotatable bonds is 2. The summed E-state index contributed by atoms with van der Waals surface area (Å²) in [4.78, 5) is 0. The number of hydrogen-bond donors (Lipinski definition) is 0. The van der Waals surface area contributed by atoms with E-state index in [1.54, 1.807) is 0 Å². The summed E-state index contributed by atoms with van der Waals surface area (Å²) in [6, 6.07) is 0. The van der Waals surface area contributed by atoms with Crippen LogP contribution in [0.3, 0.4) is 0 Å². The molecule has 3 aliphatic carbocycles. The van der Waals surface area contributed by atoms with Crippen LogP contribution in [0.5, 0.6) is 0 Å². The molecule has 5 aliphatic rings. The van der Waals surface area contributed by atoms with E-state index < -0.39 is 0 Å². The van der Waals surface area contributed by atoms with Crippen LogP contribution >= 0.6 is 0 Å². The van der Waals surface area contributed by atoms with Crippen molar-refractivity contribution in [1.82, 2.24) is 0 Å². The largest absolute Gasteiger partial charge is 0.373 e. The molecule has 2 bridgehead atoms. The lowest BCUT2D eigenvalue weighted by molar-refractivity contribution is 0.121. The summed E-state index contributed by atoms with van der Waals surface area (Å²) in [5, 5.41) is 0. The van der Waals surface area contributed by atoms with Gasteiger partial charge in [0.1, 0.15) is 0 Å². The van der Waals surface area contributed by atoms with Gasteiger partial charge in [-0.3, -0.25) is 0 Å². The van der Waals surface area contributed by atoms with Gasteiger partial charge in [0.2, 0.25) is 0 Å². The van der Waals surface area contributed by atoms with Gasteiger partial charge in [0, 0.05) is 0 Å². The summed E-state index contributed by atoms with van der Waals surface area (Å²) in [6.45, 7) is 0.996.